The lowest BCUT2D eigenvalue weighted by atomic mass is 9.83. The van der Waals surface area contributed by atoms with E-state index in [1.165, 1.54) is 6.42 Å². The summed E-state index contributed by atoms with van der Waals surface area (Å²) in [4.78, 5) is 23.8. The summed E-state index contributed by atoms with van der Waals surface area (Å²) in [6.45, 7) is 2.47. The summed E-state index contributed by atoms with van der Waals surface area (Å²) in [6, 6.07) is 7.08. The molecule has 1 aliphatic carbocycles. The topological polar surface area (TPSA) is 84.2 Å². The van der Waals surface area contributed by atoms with Crippen LogP contribution in [0, 0.1) is 5.92 Å². The van der Waals surface area contributed by atoms with E-state index in [1.807, 2.05) is 6.92 Å². The number of benzene rings is 1. The lowest BCUT2D eigenvalue weighted by molar-refractivity contribution is -0.117. The molecular weight excluding hydrogens is 278 g/mol. The molecule has 0 spiro atoms. The summed E-state index contributed by atoms with van der Waals surface area (Å²) in [7, 11) is 0. The Labute approximate surface area is 131 Å². The third kappa shape index (κ3) is 4.56. The van der Waals surface area contributed by atoms with Gasteiger partial charge in [-0.1, -0.05) is 12.8 Å². The molecule has 1 fully saturated rings. The summed E-state index contributed by atoms with van der Waals surface area (Å²) in [5.41, 5.74) is 7.38. The number of amides is 2. The van der Waals surface area contributed by atoms with E-state index < -0.39 is 0 Å². The van der Waals surface area contributed by atoms with Crippen molar-refractivity contribution in [3.05, 3.63) is 29.8 Å². The first-order chi connectivity index (χ1) is 10.6. The SMILES string of the molecule is CCNC(=O)c1ccc(NC(=O)CC2CCCCC2N)cc1. The van der Waals surface area contributed by atoms with E-state index >= 15 is 0 Å². The van der Waals surface area contributed by atoms with E-state index in [2.05, 4.69) is 10.6 Å². The van der Waals surface area contributed by atoms with Crippen molar-refractivity contribution in [3.8, 4) is 0 Å². The van der Waals surface area contributed by atoms with E-state index in [0.29, 0.717) is 24.2 Å². The third-order valence-electron chi connectivity index (χ3n) is 4.18. The van der Waals surface area contributed by atoms with Gasteiger partial charge in [0.25, 0.3) is 5.91 Å². The lowest BCUT2D eigenvalue weighted by Crippen LogP contribution is -2.35. The molecule has 4 N–H and O–H groups in total. The highest BCUT2D eigenvalue weighted by molar-refractivity contribution is 5.95. The van der Waals surface area contributed by atoms with Crippen molar-refractivity contribution in [2.45, 2.75) is 45.1 Å². The molecule has 0 saturated heterocycles. The van der Waals surface area contributed by atoms with E-state index in [0.717, 1.165) is 19.3 Å². The van der Waals surface area contributed by atoms with Gasteiger partial charge in [-0.25, -0.2) is 0 Å². The fraction of sp³-hybridized carbons (Fsp3) is 0.529. The molecule has 1 saturated carbocycles. The van der Waals surface area contributed by atoms with Crippen molar-refractivity contribution < 1.29 is 9.59 Å². The highest BCUT2D eigenvalue weighted by atomic mass is 16.2. The quantitative estimate of drug-likeness (QED) is 0.780. The van der Waals surface area contributed by atoms with Gasteiger partial charge in [-0.2, -0.15) is 0 Å². The second-order valence-electron chi connectivity index (χ2n) is 5.90. The van der Waals surface area contributed by atoms with Crippen molar-refractivity contribution in [2.75, 3.05) is 11.9 Å². The Morgan fingerprint density at radius 3 is 2.50 bits per heavy atom. The molecule has 1 aliphatic rings. The smallest absolute Gasteiger partial charge is 0.251 e. The first-order valence-electron chi connectivity index (χ1n) is 8.04. The summed E-state index contributed by atoms with van der Waals surface area (Å²) >= 11 is 0. The predicted octanol–water partition coefficient (Wildman–Crippen LogP) is 2.28. The van der Waals surface area contributed by atoms with Crippen LogP contribution in [0.4, 0.5) is 5.69 Å². The summed E-state index contributed by atoms with van der Waals surface area (Å²) in [6.07, 6.45) is 4.84. The molecule has 1 aromatic carbocycles. The number of hydrogen-bond donors (Lipinski definition) is 3. The Kier molecular flexibility index (Phi) is 5.95. The summed E-state index contributed by atoms with van der Waals surface area (Å²) < 4.78 is 0. The molecule has 2 rings (SSSR count). The second-order valence-corrected chi connectivity index (χ2v) is 5.90. The molecule has 5 nitrogen and oxygen atoms in total. The normalized spacial score (nSPS) is 21.2. The first kappa shape index (κ1) is 16.5. The third-order valence-corrected chi connectivity index (χ3v) is 4.18. The molecule has 0 radical (unpaired) electrons. The molecule has 22 heavy (non-hydrogen) atoms. The van der Waals surface area contributed by atoms with Crippen LogP contribution in [0.5, 0.6) is 0 Å². The highest BCUT2D eigenvalue weighted by Gasteiger charge is 2.24. The van der Waals surface area contributed by atoms with Gasteiger partial charge in [0, 0.05) is 30.3 Å². The van der Waals surface area contributed by atoms with E-state index in [-0.39, 0.29) is 23.8 Å². The van der Waals surface area contributed by atoms with Crippen LogP contribution in [0.3, 0.4) is 0 Å². The van der Waals surface area contributed by atoms with Crippen molar-refractivity contribution in [1.82, 2.24) is 5.32 Å². The van der Waals surface area contributed by atoms with E-state index in [4.69, 9.17) is 5.73 Å². The average Bonchev–Trinajstić information content (AvgIpc) is 2.50. The predicted molar refractivity (Wildman–Crippen MR) is 87.6 cm³/mol. The van der Waals surface area contributed by atoms with Gasteiger partial charge < -0.3 is 16.4 Å². The van der Waals surface area contributed by atoms with Gasteiger partial charge in [0.2, 0.25) is 5.91 Å². The van der Waals surface area contributed by atoms with Crippen LogP contribution in [0.15, 0.2) is 24.3 Å². The summed E-state index contributed by atoms with van der Waals surface area (Å²) in [5.74, 6) is 0.171. The molecule has 0 bridgehead atoms. The molecule has 2 unspecified atom stereocenters. The van der Waals surface area contributed by atoms with Gasteiger partial charge in [-0.05, 0) is 49.9 Å². The zero-order valence-electron chi connectivity index (χ0n) is 13.1. The number of nitrogens with two attached hydrogens (primary N) is 1. The number of carbonyl (C=O) groups excluding carboxylic acids is 2. The minimum absolute atomic E-state index is 0.00638. The molecule has 0 aromatic heterocycles. The Morgan fingerprint density at radius 1 is 1.18 bits per heavy atom. The van der Waals surface area contributed by atoms with Crippen molar-refractivity contribution >= 4 is 17.5 Å². The number of rotatable bonds is 5. The average molecular weight is 303 g/mol. The van der Waals surface area contributed by atoms with E-state index in [1.54, 1.807) is 24.3 Å². The van der Waals surface area contributed by atoms with Gasteiger partial charge in [0.05, 0.1) is 0 Å². The van der Waals surface area contributed by atoms with Crippen LogP contribution < -0.4 is 16.4 Å². The maximum absolute atomic E-state index is 12.1. The number of carbonyl (C=O) groups is 2. The van der Waals surface area contributed by atoms with Gasteiger partial charge >= 0.3 is 0 Å². The fourth-order valence-corrected chi connectivity index (χ4v) is 2.91. The van der Waals surface area contributed by atoms with Crippen LogP contribution in [0.25, 0.3) is 0 Å². The molecule has 1 aromatic rings. The standard InChI is InChI=1S/C17H25N3O2/c1-2-19-17(22)12-7-9-14(10-8-12)20-16(21)11-13-5-3-4-6-15(13)18/h7-10,13,15H,2-6,11,18H2,1H3,(H,19,22)(H,20,21). The zero-order valence-corrected chi connectivity index (χ0v) is 13.1. The van der Waals surface area contributed by atoms with Gasteiger partial charge in [0.15, 0.2) is 0 Å². The molecule has 5 heteroatoms. The minimum Gasteiger partial charge on any atom is -0.352 e. The van der Waals surface area contributed by atoms with Crippen molar-refractivity contribution in [3.63, 3.8) is 0 Å². The molecule has 120 valence electrons. The van der Waals surface area contributed by atoms with Crippen molar-refractivity contribution in [1.29, 1.82) is 0 Å². The van der Waals surface area contributed by atoms with E-state index in [9.17, 15) is 9.59 Å². The number of hydrogen-bond acceptors (Lipinski definition) is 3. The Hall–Kier alpha value is -1.88. The Morgan fingerprint density at radius 2 is 1.86 bits per heavy atom. The van der Waals surface area contributed by atoms with Crippen molar-refractivity contribution in [2.24, 2.45) is 11.7 Å². The lowest BCUT2D eigenvalue weighted by Gasteiger charge is -2.27. The van der Waals surface area contributed by atoms with Gasteiger partial charge in [-0.3, -0.25) is 9.59 Å². The fourth-order valence-electron chi connectivity index (χ4n) is 2.91. The van der Waals surface area contributed by atoms with Gasteiger partial charge in [-0.15, -0.1) is 0 Å². The van der Waals surface area contributed by atoms with Crippen LogP contribution in [0.1, 0.15) is 49.4 Å². The zero-order chi connectivity index (χ0) is 15.9. The highest BCUT2D eigenvalue weighted by Crippen LogP contribution is 2.26. The number of anilines is 1. The molecule has 0 aliphatic heterocycles. The molecular formula is C17H25N3O2. The van der Waals surface area contributed by atoms with Crippen LogP contribution in [-0.4, -0.2) is 24.4 Å². The monoisotopic (exact) mass is 303 g/mol. The molecule has 0 heterocycles. The first-order valence-corrected chi connectivity index (χ1v) is 8.04. The molecule has 2 amide bonds. The van der Waals surface area contributed by atoms with Crippen LogP contribution in [-0.2, 0) is 4.79 Å². The Bertz CT molecular complexity index is 513. The number of nitrogens with one attached hydrogen (secondary N) is 2. The minimum atomic E-state index is -0.103. The van der Waals surface area contributed by atoms with Crippen LogP contribution >= 0.6 is 0 Å². The summed E-state index contributed by atoms with van der Waals surface area (Å²) in [5, 5.41) is 5.62. The Balaban J connectivity index is 1.87. The largest absolute Gasteiger partial charge is 0.352 e. The van der Waals surface area contributed by atoms with Gasteiger partial charge in [0.1, 0.15) is 0 Å². The maximum atomic E-state index is 12.1. The second kappa shape index (κ2) is 7.94. The van der Waals surface area contributed by atoms with Crippen LogP contribution in [0.2, 0.25) is 0 Å². The maximum Gasteiger partial charge on any atom is 0.251 e. The molecule has 2 atom stereocenters.